The fraction of sp³-hybridized carbons (Fsp3) is 0.600. The summed E-state index contributed by atoms with van der Waals surface area (Å²) in [5.41, 5.74) is 0.0451. The van der Waals surface area contributed by atoms with Crippen molar-refractivity contribution in [3.63, 3.8) is 0 Å². The number of aliphatic hydroxyl groups excluding tert-OH is 1. The van der Waals surface area contributed by atoms with E-state index in [2.05, 4.69) is 5.32 Å². The molecule has 1 aromatic carbocycles. The molecule has 0 aromatic heterocycles. The molecule has 3 N–H and O–H groups in total. The summed E-state index contributed by atoms with van der Waals surface area (Å²) in [5, 5.41) is 24.9. The number of nitrogens with one attached hydrogen (secondary N) is 1. The van der Waals surface area contributed by atoms with Gasteiger partial charge in [0.15, 0.2) is 0 Å². The molecule has 0 radical (unpaired) electrons. The Kier molecular flexibility index (Phi) is 5.73. The number of carbonyl (C=O) groups is 2. The molecule has 8 nitrogen and oxygen atoms in total. The fourth-order valence-electron chi connectivity index (χ4n) is 5.85. The molecule has 180 valence electrons. The molecule has 4 rings (SSSR count). The topological polar surface area (TPSA) is 108 Å². The summed E-state index contributed by atoms with van der Waals surface area (Å²) in [6.07, 6.45) is 0.722. The van der Waals surface area contributed by atoms with Crippen molar-refractivity contribution in [2.75, 3.05) is 25.6 Å². The average Bonchev–Trinajstić information content (AvgIpc) is 3.33. The molecule has 1 aromatic rings. The van der Waals surface area contributed by atoms with Gasteiger partial charge in [-0.05, 0) is 51.7 Å². The highest BCUT2D eigenvalue weighted by Crippen LogP contribution is 2.60. The highest BCUT2D eigenvalue weighted by atomic mass is 16.6. The summed E-state index contributed by atoms with van der Waals surface area (Å²) in [5.74, 6) is -1.26. The maximum Gasteiger partial charge on any atom is 0.410 e. The number of hydrogen-bond donors (Lipinski definition) is 3. The molecule has 0 saturated carbocycles. The van der Waals surface area contributed by atoms with E-state index in [-0.39, 0.29) is 12.5 Å². The average molecular weight is 459 g/mol. The van der Waals surface area contributed by atoms with Crippen LogP contribution in [0.15, 0.2) is 35.5 Å². The van der Waals surface area contributed by atoms with Crippen molar-refractivity contribution >= 4 is 17.7 Å². The van der Waals surface area contributed by atoms with E-state index in [1.165, 1.54) is 7.11 Å². The number of aliphatic hydroxyl groups is 2. The lowest BCUT2D eigenvalue weighted by molar-refractivity contribution is -0.140. The molecule has 1 aliphatic carbocycles. The van der Waals surface area contributed by atoms with Crippen LogP contribution in [0.1, 0.15) is 52.5 Å². The molecule has 2 aliphatic heterocycles. The first kappa shape index (κ1) is 23.6. The molecule has 33 heavy (non-hydrogen) atoms. The number of para-hydroxylation sites is 1. The number of benzene rings is 1. The molecular weight excluding hydrogens is 424 g/mol. The Balaban J connectivity index is 1.93. The first-order valence-electron chi connectivity index (χ1n) is 11.5. The van der Waals surface area contributed by atoms with E-state index in [0.717, 1.165) is 11.3 Å². The first-order chi connectivity index (χ1) is 15.5. The zero-order valence-electron chi connectivity index (χ0n) is 20.0. The molecule has 3 aliphatic rings. The highest BCUT2D eigenvalue weighted by molar-refractivity contribution is 5.94. The van der Waals surface area contributed by atoms with Crippen molar-refractivity contribution in [1.82, 2.24) is 4.90 Å². The summed E-state index contributed by atoms with van der Waals surface area (Å²) < 4.78 is 10.9. The molecule has 1 spiro atoms. The number of fused-ring (bicyclic) bond motifs is 1. The third-order valence-corrected chi connectivity index (χ3v) is 7.45. The summed E-state index contributed by atoms with van der Waals surface area (Å²) in [4.78, 5) is 28.1. The lowest BCUT2D eigenvalue weighted by Gasteiger charge is -2.47. The van der Waals surface area contributed by atoms with E-state index in [9.17, 15) is 19.8 Å². The van der Waals surface area contributed by atoms with Crippen LogP contribution in [0, 0.1) is 5.92 Å². The van der Waals surface area contributed by atoms with Crippen LogP contribution >= 0.6 is 0 Å². The van der Waals surface area contributed by atoms with Gasteiger partial charge in [0.1, 0.15) is 5.60 Å². The number of hydrogen-bond acceptors (Lipinski definition) is 7. The predicted molar refractivity (Wildman–Crippen MR) is 123 cm³/mol. The van der Waals surface area contributed by atoms with Gasteiger partial charge in [-0.25, -0.2) is 9.59 Å². The molecule has 2 heterocycles. The smallest absolute Gasteiger partial charge is 0.410 e. The van der Waals surface area contributed by atoms with E-state index in [0.29, 0.717) is 30.7 Å². The maximum absolute atomic E-state index is 13.2. The van der Waals surface area contributed by atoms with Gasteiger partial charge in [0.2, 0.25) is 0 Å². The fourth-order valence-corrected chi connectivity index (χ4v) is 5.85. The molecular formula is C25H34N2O6. The number of likely N-dealkylation sites (tertiary alicyclic amines) is 1. The summed E-state index contributed by atoms with van der Waals surface area (Å²) in [7, 11) is 1.32. The Hall–Kier alpha value is -2.58. The van der Waals surface area contributed by atoms with Crippen LogP contribution in [-0.4, -0.2) is 64.7 Å². The van der Waals surface area contributed by atoms with Gasteiger partial charge in [-0.15, -0.1) is 0 Å². The summed E-state index contributed by atoms with van der Waals surface area (Å²) >= 11 is 0. The van der Waals surface area contributed by atoms with Gasteiger partial charge in [-0.1, -0.05) is 25.1 Å². The van der Waals surface area contributed by atoms with Crippen LogP contribution in [0.25, 0.3) is 0 Å². The predicted octanol–water partition coefficient (Wildman–Crippen LogP) is 2.94. The normalized spacial score (nSPS) is 27.8. The van der Waals surface area contributed by atoms with Crippen LogP contribution in [0.5, 0.6) is 0 Å². The van der Waals surface area contributed by atoms with E-state index in [1.807, 2.05) is 45.0 Å². The largest absolute Gasteiger partial charge is 0.466 e. The van der Waals surface area contributed by atoms with Gasteiger partial charge in [0.05, 0.1) is 36.3 Å². The maximum atomic E-state index is 13.2. The Labute approximate surface area is 194 Å². The number of carbonyl (C=O) groups excluding carboxylic acids is 2. The van der Waals surface area contributed by atoms with Gasteiger partial charge in [0.25, 0.3) is 0 Å². The molecule has 0 bridgehead atoms. The van der Waals surface area contributed by atoms with E-state index in [1.54, 1.807) is 11.8 Å². The van der Waals surface area contributed by atoms with E-state index >= 15 is 0 Å². The minimum atomic E-state index is -1.54. The SMILES string of the molecule is CC[C@](O)(CO)[C@@H]1C[C@@H]2N(C(=O)OC(C)(C)C)CC[C@]23C(=C1C(=O)OC)Nc1ccccc13. The summed E-state index contributed by atoms with van der Waals surface area (Å²) in [6, 6.07) is 7.48. The quantitative estimate of drug-likeness (QED) is 0.596. The minimum Gasteiger partial charge on any atom is -0.466 e. The number of amides is 1. The third-order valence-electron chi connectivity index (χ3n) is 7.45. The highest BCUT2D eigenvalue weighted by Gasteiger charge is 2.63. The summed E-state index contributed by atoms with van der Waals surface area (Å²) in [6.45, 7) is 7.19. The van der Waals surface area contributed by atoms with Crippen LogP contribution in [0.3, 0.4) is 0 Å². The van der Waals surface area contributed by atoms with Gasteiger partial charge in [-0.3, -0.25) is 0 Å². The number of anilines is 1. The Bertz CT molecular complexity index is 993. The second-order valence-electron chi connectivity index (χ2n) is 10.3. The molecule has 1 amide bonds. The van der Waals surface area contributed by atoms with Gasteiger partial charge < -0.3 is 29.9 Å². The van der Waals surface area contributed by atoms with E-state index in [4.69, 9.17) is 9.47 Å². The molecule has 1 fully saturated rings. The minimum absolute atomic E-state index is 0.237. The monoisotopic (exact) mass is 458 g/mol. The van der Waals surface area contributed by atoms with Crippen LogP contribution < -0.4 is 5.32 Å². The zero-order valence-corrected chi connectivity index (χ0v) is 20.0. The van der Waals surface area contributed by atoms with Crippen molar-refractivity contribution in [2.24, 2.45) is 5.92 Å². The Morgan fingerprint density at radius 3 is 2.58 bits per heavy atom. The van der Waals surface area contributed by atoms with Crippen molar-refractivity contribution in [2.45, 2.75) is 69.6 Å². The van der Waals surface area contributed by atoms with Gasteiger partial charge >= 0.3 is 12.1 Å². The zero-order chi connectivity index (χ0) is 24.2. The number of ether oxygens (including phenoxy) is 2. The lowest BCUT2D eigenvalue weighted by atomic mass is 9.61. The van der Waals surface area contributed by atoms with Crippen molar-refractivity contribution in [3.8, 4) is 0 Å². The molecule has 8 heteroatoms. The van der Waals surface area contributed by atoms with Crippen molar-refractivity contribution in [3.05, 3.63) is 41.1 Å². The van der Waals surface area contributed by atoms with Crippen LogP contribution in [-0.2, 0) is 19.7 Å². The number of methoxy groups -OCH3 is 1. The van der Waals surface area contributed by atoms with Crippen LogP contribution in [0.4, 0.5) is 10.5 Å². The molecule has 1 saturated heterocycles. The second-order valence-corrected chi connectivity index (χ2v) is 10.3. The lowest BCUT2D eigenvalue weighted by Crippen LogP contribution is -2.56. The standard InChI is InChI=1S/C25H34N2O6/c1-6-24(31,14-28)16-13-18-25(11-12-27(18)22(30)33-23(2,3)4)15-9-7-8-10-17(15)26-20(25)19(16)21(29)32-5/h7-10,16,18,26,28,31H,6,11-14H2,1-5H3/t16-,18+,24+,25-/m1/s1. The van der Waals surface area contributed by atoms with Gasteiger partial charge in [-0.2, -0.15) is 0 Å². The van der Waals surface area contributed by atoms with Crippen molar-refractivity contribution in [1.29, 1.82) is 0 Å². The number of rotatable bonds is 4. The molecule has 0 unspecified atom stereocenters. The second kappa shape index (κ2) is 8.02. The number of esters is 1. The van der Waals surface area contributed by atoms with Crippen LogP contribution in [0.2, 0.25) is 0 Å². The Morgan fingerprint density at radius 2 is 1.97 bits per heavy atom. The molecule has 4 atom stereocenters. The number of nitrogens with zero attached hydrogens (tertiary/aromatic N) is 1. The third kappa shape index (κ3) is 3.51. The van der Waals surface area contributed by atoms with E-state index < -0.39 is 41.2 Å². The first-order valence-corrected chi connectivity index (χ1v) is 11.5. The van der Waals surface area contributed by atoms with Gasteiger partial charge in [0, 0.05) is 23.8 Å². The van der Waals surface area contributed by atoms with Crippen molar-refractivity contribution < 1.29 is 29.3 Å². The Morgan fingerprint density at radius 1 is 1.27 bits per heavy atom.